The Morgan fingerprint density at radius 3 is 2.47 bits per heavy atom. The number of rotatable bonds is 4. The molecule has 0 bridgehead atoms. The Labute approximate surface area is 176 Å². The van der Waals surface area contributed by atoms with Gasteiger partial charge in [-0.05, 0) is 41.3 Å². The molecule has 5 rings (SSSR count). The van der Waals surface area contributed by atoms with Crippen LogP contribution < -0.4 is 5.32 Å². The second-order valence-corrected chi connectivity index (χ2v) is 8.05. The lowest BCUT2D eigenvalue weighted by Crippen LogP contribution is -2.44. The molecule has 0 unspecified atom stereocenters. The number of aromatic nitrogens is 1. The van der Waals surface area contributed by atoms with Crippen molar-refractivity contribution in [3.05, 3.63) is 90.1 Å². The summed E-state index contributed by atoms with van der Waals surface area (Å²) >= 11 is 0. The average Bonchev–Trinajstić information content (AvgIpc) is 2.80. The van der Waals surface area contributed by atoms with Gasteiger partial charge in [-0.15, -0.1) is 0 Å². The van der Waals surface area contributed by atoms with Gasteiger partial charge in [0.2, 0.25) is 0 Å². The van der Waals surface area contributed by atoms with Crippen LogP contribution in [0.25, 0.3) is 21.7 Å². The quantitative estimate of drug-likeness (QED) is 0.541. The summed E-state index contributed by atoms with van der Waals surface area (Å²) in [5, 5.41) is 6.86. The number of para-hydroxylation sites is 1. The molecule has 0 atom stereocenters. The van der Waals surface area contributed by atoms with Gasteiger partial charge < -0.3 is 5.32 Å². The maximum Gasteiger partial charge on any atom is 0.270 e. The summed E-state index contributed by atoms with van der Waals surface area (Å²) in [7, 11) is 0. The second-order valence-electron chi connectivity index (χ2n) is 8.05. The number of nitrogens with one attached hydrogen (secondary N) is 1. The molecule has 150 valence electrons. The van der Waals surface area contributed by atoms with Crippen molar-refractivity contribution >= 4 is 27.6 Å². The van der Waals surface area contributed by atoms with Gasteiger partial charge in [-0.1, -0.05) is 66.7 Å². The fraction of sp³-hybridized carbons (Fsp3) is 0.231. The first-order valence-electron chi connectivity index (χ1n) is 10.6. The molecule has 0 spiro atoms. The summed E-state index contributed by atoms with van der Waals surface area (Å²) in [5.74, 6) is -0.0757. The fourth-order valence-electron chi connectivity index (χ4n) is 4.36. The fourth-order valence-corrected chi connectivity index (χ4v) is 4.36. The molecule has 4 aromatic rings. The van der Waals surface area contributed by atoms with E-state index in [4.69, 9.17) is 0 Å². The lowest BCUT2D eigenvalue weighted by molar-refractivity contribution is 0.0904. The minimum atomic E-state index is -0.0757. The normalized spacial score (nSPS) is 15.5. The van der Waals surface area contributed by atoms with Crippen LogP contribution in [0.1, 0.15) is 28.9 Å². The molecule has 3 aromatic carbocycles. The summed E-state index contributed by atoms with van der Waals surface area (Å²) in [4.78, 5) is 19.7. The van der Waals surface area contributed by atoms with Crippen LogP contribution in [0.5, 0.6) is 0 Å². The molecule has 1 aliphatic heterocycles. The number of amides is 1. The Kier molecular flexibility index (Phi) is 5.16. The highest BCUT2D eigenvalue weighted by atomic mass is 16.1. The molecule has 1 aromatic heterocycles. The third-order valence-electron chi connectivity index (χ3n) is 6.03. The molecule has 30 heavy (non-hydrogen) atoms. The van der Waals surface area contributed by atoms with Gasteiger partial charge in [-0.3, -0.25) is 9.69 Å². The Bertz CT molecular complexity index is 1190. The largest absolute Gasteiger partial charge is 0.348 e. The average molecular weight is 396 g/mol. The first-order chi connectivity index (χ1) is 14.8. The molecular formula is C26H25N3O. The minimum absolute atomic E-state index is 0.0757. The maximum absolute atomic E-state index is 12.7. The lowest BCUT2D eigenvalue weighted by Gasteiger charge is -2.32. The van der Waals surface area contributed by atoms with Crippen molar-refractivity contribution in [2.75, 3.05) is 13.1 Å². The number of carbonyl (C=O) groups is 1. The third kappa shape index (κ3) is 3.91. The molecule has 4 heteroatoms. The standard InChI is InChI=1S/C26H25N3O/c30-26(25-13-12-20-7-2-4-11-24(20)28-25)27-22-14-16-29(17-15-22)18-21-9-5-8-19-6-1-3-10-23(19)21/h1-13,22H,14-18H2,(H,27,30). The van der Waals surface area contributed by atoms with Crippen LogP contribution in [-0.2, 0) is 6.54 Å². The Morgan fingerprint density at radius 2 is 1.60 bits per heavy atom. The SMILES string of the molecule is O=C(NC1CCN(Cc2cccc3ccccc23)CC1)c1ccc2ccccc2n1. The molecule has 0 radical (unpaired) electrons. The van der Waals surface area contributed by atoms with Gasteiger partial charge in [-0.25, -0.2) is 4.98 Å². The second kappa shape index (κ2) is 8.25. The van der Waals surface area contributed by atoms with E-state index in [0.29, 0.717) is 5.69 Å². The summed E-state index contributed by atoms with van der Waals surface area (Å²) < 4.78 is 0. The number of hydrogen-bond acceptors (Lipinski definition) is 3. The number of hydrogen-bond donors (Lipinski definition) is 1. The number of pyridine rings is 1. The van der Waals surface area contributed by atoms with Crippen LogP contribution in [0.3, 0.4) is 0 Å². The molecule has 1 N–H and O–H groups in total. The molecule has 1 saturated heterocycles. The highest BCUT2D eigenvalue weighted by Crippen LogP contribution is 2.22. The van der Waals surface area contributed by atoms with E-state index >= 15 is 0 Å². The van der Waals surface area contributed by atoms with Crippen LogP contribution >= 0.6 is 0 Å². The van der Waals surface area contributed by atoms with E-state index in [2.05, 4.69) is 57.7 Å². The Hall–Kier alpha value is -3.24. The molecule has 1 amide bonds. The highest BCUT2D eigenvalue weighted by Gasteiger charge is 2.22. The zero-order chi connectivity index (χ0) is 20.3. The van der Waals surface area contributed by atoms with E-state index in [1.807, 2.05) is 36.4 Å². The van der Waals surface area contributed by atoms with Gasteiger partial charge >= 0.3 is 0 Å². The smallest absolute Gasteiger partial charge is 0.270 e. The molecule has 4 nitrogen and oxygen atoms in total. The van der Waals surface area contributed by atoms with Crippen molar-refractivity contribution in [2.24, 2.45) is 0 Å². The number of piperidine rings is 1. The topological polar surface area (TPSA) is 45.2 Å². The predicted molar refractivity (Wildman–Crippen MR) is 121 cm³/mol. The van der Waals surface area contributed by atoms with Gasteiger partial charge in [0.05, 0.1) is 5.52 Å². The van der Waals surface area contributed by atoms with Crippen LogP contribution in [-0.4, -0.2) is 34.9 Å². The van der Waals surface area contributed by atoms with Crippen molar-refractivity contribution in [1.29, 1.82) is 0 Å². The van der Waals surface area contributed by atoms with Crippen LogP contribution in [0.2, 0.25) is 0 Å². The number of carbonyl (C=O) groups excluding carboxylic acids is 1. The van der Waals surface area contributed by atoms with E-state index < -0.39 is 0 Å². The summed E-state index contributed by atoms with van der Waals surface area (Å²) in [5.41, 5.74) is 2.72. The number of nitrogens with zero attached hydrogens (tertiary/aromatic N) is 2. The molecular weight excluding hydrogens is 370 g/mol. The van der Waals surface area contributed by atoms with Gasteiger partial charge in [0.15, 0.2) is 0 Å². The van der Waals surface area contributed by atoms with Gasteiger partial charge in [-0.2, -0.15) is 0 Å². The van der Waals surface area contributed by atoms with Crippen molar-refractivity contribution in [3.63, 3.8) is 0 Å². The van der Waals surface area contributed by atoms with Crippen LogP contribution in [0.15, 0.2) is 78.9 Å². The summed E-state index contributed by atoms with van der Waals surface area (Å²) in [6, 6.07) is 27.0. The van der Waals surface area contributed by atoms with E-state index in [-0.39, 0.29) is 11.9 Å². The van der Waals surface area contributed by atoms with Crippen molar-refractivity contribution in [3.8, 4) is 0 Å². The molecule has 1 aliphatic rings. The molecule has 1 fully saturated rings. The van der Waals surface area contributed by atoms with Crippen LogP contribution in [0.4, 0.5) is 0 Å². The first kappa shape index (κ1) is 18.8. The number of fused-ring (bicyclic) bond motifs is 2. The van der Waals surface area contributed by atoms with Crippen molar-refractivity contribution in [1.82, 2.24) is 15.2 Å². The summed E-state index contributed by atoms with van der Waals surface area (Å²) in [6.07, 6.45) is 1.92. The van der Waals surface area contributed by atoms with Crippen LogP contribution in [0, 0.1) is 0 Å². The monoisotopic (exact) mass is 395 g/mol. The molecule has 0 aliphatic carbocycles. The number of likely N-dealkylation sites (tertiary alicyclic amines) is 1. The minimum Gasteiger partial charge on any atom is -0.348 e. The van der Waals surface area contributed by atoms with Gasteiger partial charge in [0, 0.05) is 31.1 Å². The zero-order valence-corrected chi connectivity index (χ0v) is 16.9. The zero-order valence-electron chi connectivity index (χ0n) is 16.9. The maximum atomic E-state index is 12.7. The summed E-state index contributed by atoms with van der Waals surface area (Å²) in [6.45, 7) is 2.92. The Morgan fingerprint density at radius 1 is 0.867 bits per heavy atom. The molecule has 2 heterocycles. The van der Waals surface area contributed by atoms with E-state index in [0.717, 1.165) is 43.4 Å². The molecule has 0 saturated carbocycles. The lowest BCUT2D eigenvalue weighted by atomic mass is 10.0. The predicted octanol–water partition coefficient (Wildman–Crippen LogP) is 4.78. The van der Waals surface area contributed by atoms with Crippen molar-refractivity contribution < 1.29 is 4.79 Å². The first-order valence-corrected chi connectivity index (χ1v) is 10.6. The number of benzene rings is 3. The third-order valence-corrected chi connectivity index (χ3v) is 6.03. The highest BCUT2D eigenvalue weighted by molar-refractivity contribution is 5.95. The van der Waals surface area contributed by atoms with Crippen molar-refractivity contribution in [2.45, 2.75) is 25.4 Å². The Balaban J connectivity index is 1.20. The van der Waals surface area contributed by atoms with E-state index in [1.54, 1.807) is 0 Å². The van der Waals surface area contributed by atoms with E-state index in [1.165, 1.54) is 16.3 Å². The van der Waals surface area contributed by atoms with E-state index in [9.17, 15) is 4.79 Å². The van der Waals surface area contributed by atoms with Gasteiger partial charge in [0.25, 0.3) is 5.91 Å². The van der Waals surface area contributed by atoms with Gasteiger partial charge in [0.1, 0.15) is 5.69 Å².